The van der Waals surface area contributed by atoms with E-state index in [-0.39, 0.29) is 37.5 Å². The molecule has 452 valence electrons. The zero-order valence-electron chi connectivity index (χ0n) is 51.9. The fraction of sp³-hybridized carbons (Fsp3) is 0.712. The van der Waals surface area contributed by atoms with Crippen molar-refractivity contribution in [3.8, 4) is 0 Å². The van der Waals surface area contributed by atoms with Crippen LogP contribution in [0.25, 0.3) is 0 Å². The minimum absolute atomic E-state index is 0.0990. The molecule has 0 N–H and O–H groups in total. The number of unbranched alkanes of at least 4 members (excludes halogenated alkanes) is 31. The fourth-order valence-corrected chi connectivity index (χ4v) is 9.25. The van der Waals surface area contributed by atoms with Crippen LogP contribution in [-0.4, -0.2) is 37.2 Å². The summed E-state index contributed by atoms with van der Waals surface area (Å²) < 4.78 is 16.9. The second kappa shape index (κ2) is 66.6. The van der Waals surface area contributed by atoms with Crippen molar-refractivity contribution < 1.29 is 28.6 Å². The van der Waals surface area contributed by atoms with E-state index in [0.29, 0.717) is 19.3 Å². The van der Waals surface area contributed by atoms with Gasteiger partial charge in [0, 0.05) is 19.3 Å². The quantitative estimate of drug-likeness (QED) is 0.0261. The molecule has 0 aromatic carbocycles. The Labute approximate surface area is 489 Å². The lowest BCUT2D eigenvalue weighted by Crippen LogP contribution is -2.30. The van der Waals surface area contributed by atoms with Crippen molar-refractivity contribution >= 4 is 17.9 Å². The van der Waals surface area contributed by atoms with Gasteiger partial charge in [-0.15, -0.1) is 0 Å². The van der Waals surface area contributed by atoms with Gasteiger partial charge in [0.05, 0.1) is 0 Å². The first-order valence-electron chi connectivity index (χ1n) is 33.4. The third-order valence-electron chi connectivity index (χ3n) is 14.2. The molecular formula is C73H124O6. The number of ether oxygens (including phenoxy) is 3. The van der Waals surface area contributed by atoms with E-state index in [9.17, 15) is 14.4 Å². The molecule has 0 radical (unpaired) electrons. The molecule has 6 heteroatoms. The van der Waals surface area contributed by atoms with E-state index in [4.69, 9.17) is 14.2 Å². The molecule has 0 amide bonds. The van der Waals surface area contributed by atoms with E-state index in [1.54, 1.807) is 0 Å². The Morgan fingerprint density at radius 2 is 0.506 bits per heavy atom. The number of allylic oxidation sites excluding steroid dienone is 18. The number of hydrogen-bond donors (Lipinski definition) is 0. The van der Waals surface area contributed by atoms with Crippen molar-refractivity contribution in [2.75, 3.05) is 13.2 Å². The summed E-state index contributed by atoms with van der Waals surface area (Å²) in [7, 11) is 0. The molecule has 0 saturated carbocycles. The Balaban J connectivity index is 4.48. The Morgan fingerprint density at radius 3 is 0.835 bits per heavy atom. The average molecular weight is 1100 g/mol. The zero-order valence-corrected chi connectivity index (χ0v) is 51.9. The van der Waals surface area contributed by atoms with Gasteiger partial charge >= 0.3 is 17.9 Å². The molecular weight excluding hydrogens is 973 g/mol. The van der Waals surface area contributed by atoms with Gasteiger partial charge in [-0.1, -0.05) is 284 Å². The van der Waals surface area contributed by atoms with Gasteiger partial charge in [0.2, 0.25) is 0 Å². The molecule has 0 aromatic heterocycles. The van der Waals surface area contributed by atoms with Gasteiger partial charge in [0.15, 0.2) is 6.10 Å². The summed E-state index contributed by atoms with van der Waals surface area (Å²) in [4.78, 5) is 38.4. The summed E-state index contributed by atoms with van der Waals surface area (Å²) in [5.41, 5.74) is 0. The van der Waals surface area contributed by atoms with Crippen molar-refractivity contribution in [3.05, 3.63) is 109 Å². The van der Waals surface area contributed by atoms with Crippen molar-refractivity contribution in [1.29, 1.82) is 0 Å². The second-order valence-corrected chi connectivity index (χ2v) is 22.0. The summed E-state index contributed by atoms with van der Waals surface area (Å²) in [6.45, 7) is 6.50. The molecule has 0 aliphatic heterocycles. The second-order valence-electron chi connectivity index (χ2n) is 22.0. The molecule has 0 fully saturated rings. The molecule has 0 saturated heterocycles. The third-order valence-corrected chi connectivity index (χ3v) is 14.2. The van der Waals surface area contributed by atoms with Gasteiger partial charge in [0.1, 0.15) is 13.2 Å². The predicted octanol–water partition coefficient (Wildman–Crippen LogP) is 23.0. The summed E-state index contributed by atoms with van der Waals surface area (Å²) >= 11 is 0. The Bertz CT molecular complexity index is 1590. The minimum atomic E-state index is -0.808. The highest BCUT2D eigenvalue weighted by atomic mass is 16.6. The number of esters is 3. The number of carbonyl (C=O) groups excluding carboxylic acids is 3. The molecule has 0 aliphatic rings. The summed E-state index contributed by atoms with van der Waals surface area (Å²) in [5.74, 6) is -0.957. The van der Waals surface area contributed by atoms with E-state index < -0.39 is 6.10 Å². The molecule has 0 spiro atoms. The maximum Gasteiger partial charge on any atom is 0.306 e. The zero-order chi connectivity index (χ0) is 57.1. The SMILES string of the molecule is CC/C=C\C/C=C\C/C=C\C/C=C\C/C=C\C/C=C\C/C=C\CCCC(=O)OCC(COC(=O)CCCCCCCCC/C=C\CCCCCCCC)OC(=O)CCCCCCCCCCC/C=C\CCCCCCCCCC. The van der Waals surface area contributed by atoms with Gasteiger partial charge in [-0.05, 0) is 122 Å². The highest BCUT2D eigenvalue weighted by Crippen LogP contribution is 2.16. The summed E-state index contributed by atoms with van der Waals surface area (Å²) in [6.07, 6.45) is 91.0. The molecule has 1 unspecified atom stereocenters. The van der Waals surface area contributed by atoms with E-state index in [1.165, 1.54) is 180 Å². The van der Waals surface area contributed by atoms with E-state index in [2.05, 4.69) is 130 Å². The lowest BCUT2D eigenvalue weighted by Gasteiger charge is -2.18. The van der Waals surface area contributed by atoms with Crippen LogP contribution in [0.5, 0.6) is 0 Å². The highest BCUT2D eigenvalue weighted by molar-refractivity contribution is 5.71. The molecule has 0 rings (SSSR count). The lowest BCUT2D eigenvalue weighted by molar-refractivity contribution is -0.167. The van der Waals surface area contributed by atoms with Crippen LogP contribution in [-0.2, 0) is 28.6 Å². The van der Waals surface area contributed by atoms with Gasteiger partial charge in [-0.3, -0.25) is 14.4 Å². The third kappa shape index (κ3) is 64.8. The maximum atomic E-state index is 12.9. The predicted molar refractivity (Wildman–Crippen MR) is 343 cm³/mol. The normalized spacial score (nSPS) is 12.8. The monoisotopic (exact) mass is 1100 g/mol. The molecule has 0 aromatic rings. The van der Waals surface area contributed by atoms with E-state index in [1.807, 2.05) is 0 Å². The largest absolute Gasteiger partial charge is 0.462 e. The summed E-state index contributed by atoms with van der Waals surface area (Å²) in [6, 6.07) is 0. The molecule has 6 nitrogen and oxygen atoms in total. The van der Waals surface area contributed by atoms with Crippen molar-refractivity contribution in [2.45, 2.75) is 322 Å². The van der Waals surface area contributed by atoms with Crippen LogP contribution in [0.2, 0.25) is 0 Å². The molecule has 0 bridgehead atoms. The topological polar surface area (TPSA) is 78.9 Å². The van der Waals surface area contributed by atoms with E-state index in [0.717, 1.165) is 89.9 Å². The molecule has 1 atom stereocenters. The first-order chi connectivity index (χ1) is 39.0. The maximum absolute atomic E-state index is 12.9. The van der Waals surface area contributed by atoms with Crippen LogP contribution in [0.3, 0.4) is 0 Å². The smallest absolute Gasteiger partial charge is 0.306 e. The van der Waals surface area contributed by atoms with Gasteiger partial charge in [-0.25, -0.2) is 0 Å². The first-order valence-corrected chi connectivity index (χ1v) is 33.4. The summed E-state index contributed by atoms with van der Waals surface area (Å²) in [5, 5.41) is 0. The van der Waals surface area contributed by atoms with Crippen LogP contribution in [0, 0.1) is 0 Å². The van der Waals surface area contributed by atoms with Crippen LogP contribution in [0.1, 0.15) is 316 Å². The fourth-order valence-electron chi connectivity index (χ4n) is 9.25. The molecule has 0 aliphatic carbocycles. The Hall–Kier alpha value is -3.93. The Kier molecular flexibility index (Phi) is 63.3. The van der Waals surface area contributed by atoms with Gasteiger partial charge in [-0.2, -0.15) is 0 Å². The van der Waals surface area contributed by atoms with Crippen LogP contribution in [0.4, 0.5) is 0 Å². The number of hydrogen-bond acceptors (Lipinski definition) is 6. The van der Waals surface area contributed by atoms with Crippen LogP contribution < -0.4 is 0 Å². The van der Waals surface area contributed by atoms with Crippen LogP contribution >= 0.6 is 0 Å². The lowest BCUT2D eigenvalue weighted by atomic mass is 10.1. The minimum Gasteiger partial charge on any atom is -0.462 e. The van der Waals surface area contributed by atoms with Gasteiger partial charge < -0.3 is 14.2 Å². The van der Waals surface area contributed by atoms with Crippen molar-refractivity contribution in [2.24, 2.45) is 0 Å². The average Bonchev–Trinajstić information content (AvgIpc) is 3.45. The van der Waals surface area contributed by atoms with E-state index >= 15 is 0 Å². The Morgan fingerprint density at radius 1 is 0.266 bits per heavy atom. The number of rotatable bonds is 60. The first kappa shape index (κ1) is 75.1. The van der Waals surface area contributed by atoms with Crippen molar-refractivity contribution in [3.63, 3.8) is 0 Å². The highest BCUT2D eigenvalue weighted by Gasteiger charge is 2.19. The molecule has 0 heterocycles. The van der Waals surface area contributed by atoms with Crippen molar-refractivity contribution in [1.82, 2.24) is 0 Å². The van der Waals surface area contributed by atoms with Crippen LogP contribution in [0.15, 0.2) is 109 Å². The number of carbonyl (C=O) groups is 3. The standard InChI is InChI=1S/C73H124O6/c1-4-7-10-13-16-19-22-25-28-31-33-35-36-38-39-42-45-48-51-54-57-60-63-66-72(75)78-69-70(68-77-71(74)65-62-59-56-53-50-47-44-41-30-27-24-21-18-15-12-9-6-3)79-73(76)67-64-61-58-55-52-49-46-43-40-37-34-32-29-26-23-20-17-14-11-8-5-2/h7,10,16,19,25,27-28,30,32-35,38-39,45,48,54,57,70H,4-6,8-9,11-15,17-18,20-24,26,29,31,36-37,40-44,46-47,49-53,55-56,58-69H2,1-3H3/b10-7-,19-16-,28-25-,30-27-,34-32-,35-33-,39-38-,48-45-,57-54-. The molecule has 79 heavy (non-hydrogen) atoms. The van der Waals surface area contributed by atoms with Gasteiger partial charge in [0.25, 0.3) is 0 Å².